The third kappa shape index (κ3) is 4.18. The summed E-state index contributed by atoms with van der Waals surface area (Å²) in [7, 11) is -3.86. The van der Waals surface area contributed by atoms with Crippen molar-refractivity contribution in [3.63, 3.8) is 0 Å². The van der Waals surface area contributed by atoms with Gasteiger partial charge >= 0.3 is 0 Å². The standard InChI is InChI=1S/C17H19FN2O3S/c1-11-8-9-12(2)16(10-11)24(22,23)20-13(3)17(21)19-15-7-5-4-6-14(15)18/h4-10,13,20H,1-3H3,(H,19,21)/t13-/m1/s1. The Bertz CT molecular complexity index is 866. The second-order valence-corrected chi connectivity index (χ2v) is 7.26. The fourth-order valence-corrected chi connectivity index (χ4v) is 3.68. The van der Waals surface area contributed by atoms with Crippen LogP contribution in [0.2, 0.25) is 0 Å². The highest BCUT2D eigenvalue weighted by molar-refractivity contribution is 7.89. The minimum absolute atomic E-state index is 0.000263. The van der Waals surface area contributed by atoms with Gasteiger partial charge in [-0.3, -0.25) is 4.79 Å². The average molecular weight is 350 g/mol. The summed E-state index contributed by atoms with van der Waals surface area (Å²) in [6.45, 7) is 4.86. The van der Waals surface area contributed by atoms with Gasteiger partial charge in [0.25, 0.3) is 0 Å². The van der Waals surface area contributed by atoms with Gasteiger partial charge in [-0.2, -0.15) is 4.72 Å². The highest BCUT2D eigenvalue weighted by atomic mass is 32.2. The van der Waals surface area contributed by atoms with Crippen LogP contribution in [-0.2, 0) is 14.8 Å². The number of aryl methyl sites for hydroxylation is 2. The Morgan fingerprint density at radius 2 is 1.79 bits per heavy atom. The molecule has 0 unspecified atom stereocenters. The van der Waals surface area contributed by atoms with Crippen molar-refractivity contribution in [3.8, 4) is 0 Å². The third-order valence-electron chi connectivity index (χ3n) is 3.49. The van der Waals surface area contributed by atoms with Crippen molar-refractivity contribution in [1.82, 2.24) is 4.72 Å². The Morgan fingerprint density at radius 1 is 1.12 bits per heavy atom. The fraction of sp³-hybridized carbons (Fsp3) is 0.235. The van der Waals surface area contributed by atoms with Crippen LogP contribution in [0.4, 0.5) is 10.1 Å². The van der Waals surface area contributed by atoms with E-state index in [-0.39, 0.29) is 10.6 Å². The van der Waals surface area contributed by atoms with E-state index in [0.717, 1.165) is 5.56 Å². The molecule has 1 amide bonds. The lowest BCUT2D eigenvalue weighted by Gasteiger charge is -2.16. The number of rotatable bonds is 5. The number of hydrogen-bond donors (Lipinski definition) is 2. The van der Waals surface area contributed by atoms with E-state index in [2.05, 4.69) is 10.0 Å². The summed E-state index contributed by atoms with van der Waals surface area (Å²) in [5.41, 5.74) is 1.37. The van der Waals surface area contributed by atoms with Crippen LogP contribution in [-0.4, -0.2) is 20.4 Å². The third-order valence-corrected chi connectivity index (χ3v) is 5.17. The van der Waals surface area contributed by atoms with Crippen molar-refractivity contribution in [2.24, 2.45) is 0 Å². The van der Waals surface area contributed by atoms with E-state index in [1.807, 2.05) is 6.07 Å². The van der Waals surface area contributed by atoms with Crippen LogP contribution in [0.1, 0.15) is 18.1 Å². The van der Waals surface area contributed by atoms with Crippen LogP contribution in [0.15, 0.2) is 47.4 Å². The maximum absolute atomic E-state index is 13.6. The number of halogens is 1. The number of sulfonamides is 1. The zero-order valence-electron chi connectivity index (χ0n) is 13.6. The first-order chi connectivity index (χ1) is 11.2. The number of carbonyl (C=O) groups is 1. The predicted octanol–water partition coefficient (Wildman–Crippen LogP) is 2.75. The van der Waals surface area contributed by atoms with Crippen LogP contribution < -0.4 is 10.0 Å². The van der Waals surface area contributed by atoms with Crippen molar-refractivity contribution >= 4 is 21.6 Å². The Balaban J connectivity index is 2.16. The Hall–Kier alpha value is -2.25. The molecule has 5 nitrogen and oxygen atoms in total. The monoisotopic (exact) mass is 350 g/mol. The molecule has 2 rings (SSSR count). The molecule has 24 heavy (non-hydrogen) atoms. The molecular formula is C17H19FN2O3S. The van der Waals surface area contributed by atoms with E-state index in [0.29, 0.717) is 5.56 Å². The van der Waals surface area contributed by atoms with Gasteiger partial charge in [-0.25, -0.2) is 12.8 Å². The molecule has 2 N–H and O–H groups in total. The topological polar surface area (TPSA) is 75.3 Å². The van der Waals surface area contributed by atoms with Crippen molar-refractivity contribution in [1.29, 1.82) is 0 Å². The van der Waals surface area contributed by atoms with Crippen LogP contribution >= 0.6 is 0 Å². The molecule has 0 saturated carbocycles. The molecule has 0 saturated heterocycles. The molecule has 0 radical (unpaired) electrons. The largest absolute Gasteiger partial charge is 0.322 e. The number of nitrogens with one attached hydrogen (secondary N) is 2. The summed E-state index contributed by atoms with van der Waals surface area (Å²) in [4.78, 5) is 12.2. The molecule has 128 valence electrons. The van der Waals surface area contributed by atoms with Gasteiger partial charge in [0.2, 0.25) is 15.9 Å². The van der Waals surface area contributed by atoms with Crippen molar-refractivity contribution in [2.75, 3.05) is 5.32 Å². The van der Waals surface area contributed by atoms with Gasteiger partial charge in [0.05, 0.1) is 16.6 Å². The lowest BCUT2D eigenvalue weighted by Crippen LogP contribution is -2.41. The lowest BCUT2D eigenvalue weighted by molar-refractivity contribution is -0.117. The molecule has 0 bridgehead atoms. The molecule has 2 aromatic carbocycles. The van der Waals surface area contributed by atoms with Gasteiger partial charge in [-0.05, 0) is 50.1 Å². The molecule has 0 heterocycles. The SMILES string of the molecule is Cc1ccc(C)c(S(=O)(=O)N[C@H](C)C(=O)Nc2ccccc2F)c1. The van der Waals surface area contributed by atoms with Crippen LogP contribution in [0, 0.1) is 19.7 Å². The number of para-hydroxylation sites is 1. The summed E-state index contributed by atoms with van der Waals surface area (Å²) in [6.07, 6.45) is 0. The number of hydrogen-bond acceptors (Lipinski definition) is 3. The smallest absolute Gasteiger partial charge is 0.242 e. The van der Waals surface area contributed by atoms with E-state index in [4.69, 9.17) is 0 Å². The maximum atomic E-state index is 13.6. The number of benzene rings is 2. The summed E-state index contributed by atoms with van der Waals surface area (Å²) in [5.74, 6) is -1.23. The molecule has 0 fully saturated rings. The van der Waals surface area contributed by atoms with Gasteiger partial charge in [-0.15, -0.1) is 0 Å². The Kier molecular flexibility index (Phi) is 5.36. The van der Waals surface area contributed by atoms with Crippen molar-refractivity contribution in [3.05, 3.63) is 59.4 Å². The predicted molar refractivity (Wildman–Crippen MR) is 90.7 cm³/mol. The molecule has 2 aromatic rings. The van der Waals surface area contributed by atoms with Gasteiger partial charge in [-0.1, -0.05) is 24.3 Å². The number of amides is 1. The average Bonchev–Trinajstić information content (AvgIpc) is 2.51. The molecule has 1 atom stereocenters. The van der Waals surface area contributed by atoms with Crippen molar-refractivity contribution in [2.45, 2.75) is 31.7 Å². The first kappa shape index (κ1) is 18.1. The zero-order chi connectivity index (χ0) is 17.9. The summed E-state index contributed by atoms with van der Waals surface area (Å²) in [5, 5.41) is 2.37. The van der Waals surface area contributed by atoms with Gasteiger partial charge in [0.1, 0.15) is 5.82 Å². The first-order valence-corrected chi connectivity index (χ1v) is 8.84. The molecule has 0 aliphatic heterocycles. The second kappa shape index (κ2) is 7.11. The Morgan fingerprint density at radius 3 is 2.46 bits per heavy atom. The molecule has 0 spiro atoms. The highest BCUT2D eigenvalue weighted by Crippen LogP contribution is 2.17. The summed E-state index contributed by atoms with van der Waals surface area (Å²) < 4.78 is 40.8. The molecule has 0 aromatic heterocycles. The molecular weight excluding hydrogens is 331 g/mol. The van der Waals surface area contributed by atoms with Gasteiger partial charge in [0.15, 0.2) is 0 Å². The van der Waals surface area contributed by atoms with Gasteiger partial charge in [0, 0.05) is 0 Å². The second-order valence-electron chi connectivity index (χ2n) is 5.58. The van der Waals surface area contributed by atoms with E-state index in [1.165, 1.54) is 25.1 Å². The normalized spacial score (nSPS) is 12.7. The molecule has 7 heteroatoms. The lowest BCUT2D eigenvalue weighted by atomic mass is 10.2. The van der Waals surface area contributed by atoms with Crippen LogP contribution in [0.5, 0.6) is 0 Å². The van der Waals surface area contributed by atoms with E-state index < -0.39 is 27.8 Å². The van der Waals surface area contributed by atoms with Gasteiger partial charge < -0.3 is 5.32 Å². The van der Waals surface area contributed by atoms with E-state index in [1.54, 1.807) is 32.0 Å². The number of anilines is 1. The maximum Gasteiger partial charge on any atom is 0.242 e. The van der Waals surface area contributed by atoms with E-state index >= 15 is 0 Å². The Labute approximate surface area is 141 Å². The van der Waals surface area contributed by atoms with E-state index in [9.17, 15) is 17.6 Å². The quantitative estimate of drug-likeness (QED) is 0.871. The van der Waals surface area contributed by atoms with Crippen molar-refractivity contribution < 1.29 is 17.6 Å². The number of carbonyl (C=O) groups excluding carboxylic acids is 1. The van der Waals surface area contributed by atoms with Crippen LogP contribution in [0.25, 0.3) is 0 Å². The summed E-state index contributed by atoms with van der Waals surface area (Å²) >= 11 is 0. The zero-order valence-corrected chi connectivity index (χ0v) is 14.4. The summed E-state index contributed by atoms with van der Waals surface area (Å²) in [6, 6.07) is 9.67. The minimum Gasteiger partial charge on any atom is -0.322 e. The first-order valence-electron chi connectivity index (χ1n) is 7.35. The fourth-order valence-electron chi connectivity index (χ4n) is 2.15. The minimum atomic E-state index is -3.86. The molecule has 0 aliphatic rings. The van der Waals surface area contributed by atoms with Crippen LogP contribution in [0.3, 0.4) is 0 Å². The molecule has 0 aliphatic carbocycles. The highest BCUT2D eigenvalue weighted by Gasteiger charge is 2.24.